The van der Waals surface area contributed by atoms with Gasteiger partial charge in [-0.25, -0.2) is 0 Å². The van der Waals surface area contributed by atoms with Crippen molar-refractivity contribution in [3.8, 4) is 0 Å². The number of ether oxygens (including phenoxy) is 1. The third-order valence-corrected chi connectivity index (χ3v) is 5.11. The van der Waals surface area contributed by atoms with Crippen molar-refractivity contribution in [2.45, 2.75) is 57.4 Å². The summed E-state index contributed by atoms with van der Waals surface area (Å²) in [4.78, 5) is 14.5. The van der Waals surface area contributed by atoms with Crippen molar-refractivity contribution in [2.75, 3.05) is 13.3 Å². The van der Waals surface area contributed by atoms with Gasteiger partial charge in [-0.2, -0.15) is 0 Å². The van der Waals surface area contributed by atoms with E-state index in [0.717, 1.165) is 18.8 Å². The second-order valence-corrected chi connectivity index (χ2v) is 6.75. The van der Waals surface area contributed by atoms with Crippen LogP contribution in [0.3, 0.4) is 0 Å². The molecule has 1 aliphatic heterocycles. The lowest BCUT2D eigenvalue weighted by Gasteiger charge is -2.25. The molecule has 1 aromatic rings. The summed E-state index contributed by atoms with van der Waals surface area (Å²) in [5.41, 5.74) is 1.28. The van der Waals surface area contributed by atoms with Crippen LogP contribution in [-0.2, 0) is 16.0 Å². The van der Waals surface area contributed by atoms with Crippen molar-refractivity contribution in [2.24, 2.45) is 5.92 Å². The molecule has 1 saturated carbocycles. The van der Waals surface area contributed by atoms with E-state index in [1.54, 1.807) is 0 Å². The molecule has 1 saturated heterocycles. The number of amides is 1. The highest BCUT2D eigenvalue weighted by atomic mass is 16.5. The van der Waals surface area contributed by atoms with Gasteiger partial charge in [0, 0.05) is 6.42 Å². The lowest BCUT2D eigenvalue weighted by atomic mass is 9.86. The van der Waals surface area contributed by atoms with Crippen LogP contribution in [0, 0.1) is 5.92 Å². The fourth-order valence-corrected chi connectivity index (χ4v) is 3.76. The normalized spacial score (nSPS) is 22.9. The van der Waals surface area contributed by atoms with Gasteiger partial charge in [-0.3, -0.25) is 4.79 Å². The van der Waals surface area contributed by atoms with Crippen molar-refractivity contribution in [3.63, 3.8) is 0 Å². The Morgan fingerprint density at radius 2 is 1.91 bits per heavy atom. The zero-order chi connectivity index (χ0) is 15.2. The van der Waals surface area contributed by atoms with Crippen molar-refractivity contribution in [1.82, 2.24) is 4.90 Å². The van der Waals surface area contributed by atoms with Crippen molar-refractivity contribution >= 4 is 5.91 Å². The Morgan fingerprint density at radius 3 is 2.68 bits per heavy atom. The Labute approximate surface area is 133 Å². The van der Waals surface area contributed by atoms with Gasteiger partial charge in [0.05, 0.1) is 12.6 Å². The molecule has 3 heteroatoms. The SMILES string of the molecule is O=C(CCC1CCCCC1)N1COC[C@H]1Cc1ccccc1. The van der Waals surface area contributed by atoms with Crippen molar-refractivity contribution < 1.29 is 9.53 Å². The lowest BCUT2D eigenvalue weighted by molar-refractivity contribution is -0.133. The summed E-state index contributed by atoms with van der Waals surface area (Å²) in [5, 5.41) is 0. The molecule has 1 heterocycles. The number of carbonyl (C=O) groups is 1. The van der Waals surface area contributed by atoms with Crippen LogP contribution in [0.4, 0.5) is 0 Å². The molecule has 0 N–H and O–H groups in total. The molecule has 1 aliphatic carbocycles. The fourth-order valence-electron chi connectivity index (χ4n) is 3.76. The largest absolute Gasteiger partial charge is 0.359 e. The average Bonchev–Trinajstić information content (AvgIpc) is 3.03. The molecule has 120 valence electrons. The molecule has 2 fully saturated rings. The minimum absolute atomic E-state index is 0.209. The first-order valence-corrected chi connectivity index (χ1v) is 8.74. The van der Waals surface area contributed by atoms with E-state index in [4.69, 9.17) is 4.74 Å². The Balaban J connectivity index is 1.50. The Kier molecular flexibility index (Phi) is 5.49. The topological polar surface area (TPSA) is 29.5 Å². The first kappa shape index (κ1) is 15.5. The maximum Gasteiger partial charge on any atom is 0.224 e. The molecule has 0 unspecified atom stereocenters. The van der Waals surface area contributed by atoms with E-state index < -0.39 is 0 Å². The van der Waals surface area contributed by atoms with E-state index >= 15 is 0 Å². The van der Waals surface area contributed by atoms with E-state index in [0.29, 0.717) is 19.8 Å². The van der Waals surface area contributed by atoms with Gasteiger partial charge in [0.15, 0.2) is 0 Å². The molecule has 1 amide bonds. The number of nitrogens with zero attached hydrogens (tertiary/aromatic N) is 1. The summed E-state index contributed by atoms with van der Waals surface area (Å²) in [6, 6.07) is 10.6. The zero-order valence-corrected chi connectivity index (χ0v) is 13.4. The second kappa shape index (κ2) is 7.77. The van der Waals surface area contributed by atoms with Crippen LogP contribution in [0.15, 0.2) is 30.3 Å². The third kappa shape index (κ3) is 4.10. The van der Waals surface area contributed by atoms with Crippen LogP contribution >= 0.6 is 0 Å². The summed E-state index contributed by atoms with van der Waals surface area (Å²) in [7, 11) is 0. The number of carbonyl (C=O) groups excluding carboxylic acids is 1. The summed E-state index contributed by atoms with van der Waals surface area (Å²) in [6.45, 7) is 1.14. The van der Waals surface area contributed by atoms with Gasteiger partial charge in [0.1, 0.15) is 6.73 Å². The summed E-state index contributed by atoms with van der Waals surface area (Å²) in [6.07, 6.45) is 9.37. The van der Waals surface area contributed by atoms with Crippen LogP contribution in [0.5, 0.6) is 0 Å². The van der Waals surface area contributed by atoms with Gasteiger partial charge in [-0.05, 0) is 24.3 Å². The van der Waals surface area contributed by atoms with Gasteiger partial charge in [-0.1, -0.05) is 62.4 Å². The number of rotatable bonds is 5. The minimum Gasteiger partial charge on any atom is -0.359 e. The predicted molar refractivity (Wildman–Crippen MR) is 87.4 cm³/mol. The van der Waals surface area contributed by atoms with Crippen LogP contribution in [0.1, 0.15) is 50.5 Å². The van der Waals surface area contributed by atoms with E-state index in [2.05, 4.69) is 24.3 Å². The predicted octanol–water partition coefficient (Wildman–Crippen LogP) is 3.77. The van der Waals surface area contributed by atoms with E-state index in [9.17, 15) is 4.79 Å². The molecular weight excluding hydrogens is 274 g/mol. The number of hydrogen-bond donors (Lipinski definition) is 0. The molecule has 3 nitrogen and oxygen atoms in total. The molecular formula is C19H27NO2. The minimum atomic E-state index is 0.209. The maximum absolute atomic E-state index is 12.5. The second-order valence-electron chi connectivity index (χ2n) is 6.75. The monoisotopic (exact) mass is 301 g/mol. The van der Waals surface area contributed by atoms with E-state index in [-0.39, 0.29) is 11.9 Å². The standard InChI is InChI=1S/C19H27NO2/c21-19(12-11-16-7-3-1-4-8-16)20-15-22-14-18(20)13-17-9-5-2-6-10-17/h2,5-6,9-10,16,18H,1,3-4,7-8,11-15H2/t18-/m1/s1. The van der Waals surface area contributed by atoms with E-state index in [1.165, 1.54) is 37.7 Å². The molecule has 1 atom stereocenters. The molecule has 22 heavy (non-hydrogen) atoms. The smallest absolute Gasteiger partial charge is 0.224 e. The first-order chi connectivity index (χ1) is 10.8. The lowest BCUT2D eigenvalue weighted by Crippen LogP contribution is -2.38. The highest BCUT2D eigenvalue weighted by Gasteiger charge is 2.29. The third-order valence-electron chi connectivity index (χ3n) is 5.11. The fraction of sp³-hybridized carbons (Fsp3) is 0.632. The van der Waals surface area contributed by atoms with Crippen LogP contribution in [-0.4, -0.2) is 30.2 Å². The zero-order valence-electron chi connectivity index (χ0n) is 13.4. The molecule has 0 spiro atoms. The first-order valence-electron chi connectivity index (χ1n) is 8.74. The van der Waals surface area contributed by atoms with Crippen LogP contribution < -0.4 is 0 Å². The van der Waals surface area contributed by atoms with Crippen LogP contribution in [0.25, 0.3) is 0 Å². The number of benzene rings is 1. The Morgan fingerprint density at radius 1 is 1.14 bits per heavy atom. The van der Waals surface area contributed by atoms with Gasteiger partial charge >= 0.3 is 0 Å². The molecule has 0 radical (unpaired) electrons. The van der Waals surface area contributed by atoms with Gasteiger partial charge < -0.3 is 9.64 Å². The maximum atomic E-state index is 12.5. The molecule has 0 bridgehead atoms. The summed E-state index contributed by atoms with van der Waals surface area (Å²) in [5.74, 6) is 1.05. The quantitative estimate of drug-likeness (QED) is 0.828. The van der Waals surface area contributed by atoms with Crippen molar-refractivity contribution in [3.05, 3.63) is 35.9 Å². The summed E-state index contributed by atoms with van der Waals surface area (Å²) < 4.78 is 5.56. The highest BCUT2D eigenvalue weighted by Crippen LogP contribution is 2.28. The average molecular weight is 301 g/mol. The van der Waals surface area contributed by atoms with Gasteiger partial charge in [0.2, 0.25) is 5.91 Å². The Hall–Kier alpha value is -1.35. The highest BCUT2D eigenvalue weighted by molar-refractivity contribution is 5.76. The molecule has 1 aromatic carbocycles. The van der Waals surface area contributed by atoms with Crippen molar-refractivity contribution in [1.29, 1.82) is 0 Å². The molecule has 2 aliphatic rings. The number of hydrogen-bond acceptors (Lipinski definition) is 2. The van der Waals surface area contributed by atoms with Gasteiger partial charge in [0.25, 0.3) is 0 Å². The van der Waals surface area contributed by atoms with E-state index in [1.807, 2.05) is 11.0 Å². The van der Waals surface area contributed by atoms with Crippen LogP contribution in [0.2, 0.25) is 0 Å². The molecule has 0 aromatic heterocycles. The summed E-state index contributed by atoms with van der Waals surface area (Å²) >= 11 is 0. The van der Waals surface area contributed by atoms with Gasteiger partial charge in [-0.15, -0.1) is 0 Å². The molecule has 3 rings (SSSR count). The Bertz CT molecular complexity index is 468.